The lowest BCUT2D eigenvalue weighted by Gasteiger charge is -2.10. The van der Waals surface area contributed by atoms with Crippen molar-refractivity contribution >= 4 is 17.0 Å². The van der Waals surface area contributed by atoms with E-state index in [1.165, 1.54) is 18.0 Å². The maximum atomic E-state index is 12.9. The van der Waals surface area contributed by atoms with E-state index < -0.39 is 12.0 Å². The highest BCUT2D eigenvalue weighted by Crippen LogP contribution is 2.32. The Kier molecular flexibility index (Phi) is 3.44. The first-order valence-corrected chi connectivity index (χ1v) is 6.54. The highest BCUT2D eigenvalue weighted by atomic mass is 19.4. The average molecular weight is 301 g/mol. The number of imidazole rings is 1. The monoisotopic (exact) mass is 301 g/mol. The van der Waals surface area contributed by atoms with Gasteiger partial charge in [0, 0.05) is 19.7 Å². The molecule has 2 heterocycles. The molecule has 21 heavy (non-hydrogen) atoms. The molecule has 0 bridgehead atoms. The summed E-state index contributed by atoms with van der Waals surface area (Å²) in [6.07, 6.45) is -1.28. The molecular weight excluding hydrogens is 287 g/mol. The second-order valence-electron chi connectivity index (χ2n) is 4.92. The van der Waals surface area contributed by atoms with Gasteiger partial charge in [0.25, 0.3) is 0 Å². The zero-order chi connectivity index (χ0) is 15.0. The van der Waals surface area contributed by atoms with E-state index in [9.17, 15) is 13.2 Å². The van der Waals surface area contributed by atoms with Crippen LogP contribution in [0.2, 0.25) is 0 Å². The van der Waals surface area contributed by atoms with Crippen LogP contribution in [0.3, 0.4) is 0 Å². The van der Waals surface area contributed by atoms with Crippen LogP contribution < -0.4 is 5.32 Å². The largest absolute Gasteiger partial charge is 0.451 e. The number of ether oxygens (including phenoxy) is 1. The van der Waals surface area contributed by atoms with Gasteiger partial charge in [-0.1, -0.05) is 0 Å². The molecule has 0 aliphatic heterocycles. The second-order valence-corrected chi connectivity index (χ2v) is 4.92. The minimum atomic E-state index is -4.59. The Balaban J connectivity index is 2.07. The number of halogens is 3. The van der Waals surface area contributed by atoms with Gasteiger partial charge in [0.15, 0.2) is 11.5 Å². The fourth-order valence-electron chi connectivity index (χ4n) is 1.95. The van der Waals surface area contributed by atoms with Crippen LogP contribution in [0.5, 0.6) is 0 Å². The highest BCUT2D eigenvalue weighted by Gasteiger charge is 2.37. The molecule has 0 amide bonds. The van der Waals surface area contributed by atoms with Gasteiger partial charge in [-0.2, -0.15) is 13.2 Å². The summed E-state index contributed by atoms with van der Waals surface area (Å²) in [4.78, 5) is 11.3. The number of alkyl halides is 3. The maximum absolute atomic E-state index is 12.9. The van der Waals surface area contributed by atoms with Crippen LogP contribution in [0.15, 0.2) is 6.33 Å². The van der Waals surface area contributed by atoms with Crippen molar-refractivity contribution in [1.82, 2.24) is 19.5 Å². The standard InChI is InChI=1S/C12H14F3N5O/c1-21-5-4-20-6-16-8-9(17-7-2-3-7)18-11(12(13,14)15)19-10(8)20/h6-7H,2-5H2,1H3,(H,17,18,19). The highest BCUT2D eigenvalue weighted by molar-refractivity contribution is 5.83. The molecule has 1 saturated carbocycles. The van der Waals surface area contributed by atoms with E-state index in [4.69, 9.17) is 4.74 Å². The first kappa shape index (κ1) is 14.1. The number of aromatic nitrogens is 4. The first-order chi connectivity index (χ1) is 9.99. The Morgan fingerprint density at radius 1 is 1.38 bits per heavy atom. The summed E-state index contributed by atoms with van der Waals surface area (Å²) in [7, 11) is 1.52. The van der Waals surface area contributed by atoms with E-state index in [1.54, 1.807) is 0 Å². The number of anilines is 1. The molecule has 3 rings (SSSR count). The topological polar surface area (TPSA) is 64.9 Å². The lowest BCUT2D eigenvalue weighted by Crippen LogP contribution is -2.15. The van der Waals surface area contributed by atoms with Crippen molar-refractivity contribution in [2.45, 2.75) is 31.6 Å². The van der Waals surface area contributed by atoms with Gasteiger partial charge in [0.2, 0.25) is 5.82 Å². The summed E-state index contributed by atoms with van der Waals surface area (Å²) in [5.74, 6) is -1.01. The molecule has 1 aliphatic rings. The van der Waals surface area contributed by atoms with E-state index in [-0.39, 0.29) is 17.5 Å². The van der Waals surface area contributed by atoms with Crippen LogP contribution in [0, 0.1) is 0 Å². The second kappa shape index (κ2) is 5.14. The van der Waals surface area contributed by atoms with Gasteiger partial charge in [-0.3, -0.25) is 0 Å². The first-order valence-electron chi connectivity index (χ1n) is 6.54. The normalized spacial score (nSPS) is 15.6. The van der Waals surface area contributed by atoms with Crippen LogP contribution in [0.1, 0.15) is 18.7 Å². The molecular formula is C12H14F3N5O. The van der Waals surface area contributed by atoms with Crippen molar-refractivity contribution < 1.29 is 17.9 Å². The van der Waals surface area contributed by atoms with Crippen molar-refractivity contribution in [2.75, 3.05) is 19.0 Å². The van der Waals surface area contributed by atoms with Crippen molar-refractivity contribution in [3.05, 3.63) is 12.2 Å². The van der Waals surface area contributed by atoms with E-state index in [0.29, 0.717) is 18.7 Å². The van der Waals surface area contributed by atoms with Gasteiger partial charge in [0.05, 0.1) is 12.9 Å². The SMILES string of the molecule is COCCn1cnc2c(NC3CC3)nc(C(F)(F)F)nc21. The van der Waals surface area contributed by atoms with Crippen LogP contribution >= 0.6 is 0 Å². The summed E-state index contributed by atoms with van der Waals surface area (Å²) >= 11 is 0. The zero-order valence-electron chi connectivity index (χ0n) is 11.3. The Bertz CT molecular complexity index is 650. The molecule has 114 valence electrons. The third-order valence-corrected chi connectivity index (χ3v) is 3.17. The molecule has 9 heteroatoms. The molecule has 2 aromatic heterocycles. The number of hydrogen-bond donors (Lipinski definition) is 1. The number of nitrogens with one attached hydrogen (secondary N) is 1. The van der Waals surface area contributed by atoms with Crippen LogP contribution in [-0.4, -0.2) is 39.3 Å². The Morgan fingerprint density at radius 3 is 2.76 bits per heavy atom. The Morgan fingerprint density at radius 2 is 2.14 bits per heavy atom. The fraction of sp³-hybridized carbons (Fsp3) is 0.583. The van der Waals surface area contributed by atoms with Crippen LogP contribution in [0.25, 0.3) is 11.2 Å². The van der Waals surface area contributed by atoms with E-state index in [1.807, 2.05) is 0 Å². The molecule has 0 saturated heterocycles. The van der Waals surface area contributed by atoms with E-state index in [2.05, 4.69) is 20.3 Å². The molecule has 0 radical (unpaired) electrons. The van der Waals surface area contributed by atoms with Crippen molar-refractivity contribution in [3.8, 4) is 0 Å². The summed E-state index contributed by atoms with van der Waals surface area (Å²) in [5, 5.41) is 2.98. The quantitative estimate of drug-likeness (QED) is 0.916. The van der Waals surface area contributed by atoms with Crippen molar-refractivity contribution in [2.24, 2.45) is 0 Å². The van der Waals surface area contributed by atoms with Crippen molar-refractivity contribution in [3.63, 3.8) is 0 Å². The number of methoxy groups -OCH3 is 1. The molecule has 1 aliphatic carbocycles. The third-order valence-electron chi connectivity index (χ3n) is 3.17. The molecule has 0 spiro atoms. The number of nitrogens with zero attached hydrogens (tertiary/aromatic N) is 4. The summed E-state index contributed by atoms with van der Waals surface area (Å²) < 4.78 is 45.3. The zero-order valence-corrected chi connectivity index (χ0v) is 11.3. The lowest BCUT2D eigenvalue weighted by molar-refractivity contribution is -0.144. The maximum Gasteiger partial charge on any atom is 0.451 e. The van der Waals surface area contributed by atoms with Gasteiger partial charge in [-0.25, -0.2) is 15.0 Å². The van der Waals surface area contributed by atoms with Gasteiger partial charge in [-0.15, -0.1) is 0 Å². The van der Waals surface area contributed by atoms with Gasteiger partial charge in [-0.05, 0) is 12.8 Å². The summed E-state index contributed by atoms with van der Waals surface area (Å²) in [5.41, 5.74) is 0.517. The molecule has 0 aromatic carbocycles. The van der Waals surface area contributed by atoms with Crippen LogP contribution in [0.4, 0.5) is 19.0 Å². The Hall–Kier alpha value is -1.90. The van der Waals surface area contributed by atoms with E-state index in [0.717, 1.165) is 12.8 Å². The van der Waals surface area contributed by atoms with Crippen LogP contribution in [-0.2, 0) is 17.5 Å². The number of fused-ring (bicyclic) bond motifs is 1. The number of hydrogen-bond acceptors (Lipinski definition) is 5. The van der Waals surface area contributed by atoms with E-state index >= 15 is 0 Å². The molecule has 2 aromatic rings. The predicted octanol–water partition coefficient (Wildman–Crippen LogP) is 2.07. The van der Waals surface area contributed by atoms with Gasteiger partial charge < -0.3 is 14.6 Å². The van der Waals surface area contributed by atoms with Crippen molar-refractivity contribution in [1.29, 1.82) is 0 Å². The molecule has 1 N–H and O–H groups in total. The fourth-order valence-corrected chi connectivity index (χ4v) is 1.95. The third kappa shape index (κ3) is 2.92. The minimum absolute atomic E-state index is 0.144. The Labute approximate surface area is 118 Å². The molecule has 0 unspecified atom stereocenters. The molecule has 0 atom stereocenters. The molecule has 1 fully saturated rings. The predicted molar refractivity (Wildman–Crippen MR) is 68.8 cm³/mol. The summed E-state index contributed by atoms with van der Waals surface area (Å²) in [6, 6.07) is 0.174. The number of rotatable bonds is 5. The lowest BCUT2D eigenvalue weighted by atomic mass is 10.4. The minimum Gasteiger partial charge on any atom is -0.383 e. The smallest absolute Gasteiger partial charge is 0.383 e. The molecule has 6 nitrogen and oxygen atoms in total. The summed E-state index contributed by atoms with van der Waals surface area (Å²) in [6.45, 7) is 0.742. The van der Waals surface area contributed by atoms with Gasteiger partial charge in [0.1, 0.15) is 5.52 Å². The average Bonchev–Trinajstić information content (AvgIpc) is 3.14. The van der Waals surface area contributed by atoms with Gasteiger partial charge >= 0.3 is 6.18 Å².